The highest BCUT2D eigenvalue weighted by Gasteiger charge is 2.34. The Labute approximate surface area is 273 Å². The molecule has 2 aliphatic heterocycles. The lowest BCUT2D eigenvalue weighted by atomic mass is 9.97. The third-order valence-corrected chi connectivity index (χ3v) is 8.85. The number of rotatable bonds is 3. The molecule has 3 aromatic carbocycles. The number of halogens is 1. The third-order valence-electron chi connectivity index (χ3n) is 8.85. The van der Waals surface area contributed by atoms with Crippen molar-refractivity contribution in [1.29, 1.82) is 0 Å². The number of benzene rings is 3. The number of carbonyl (C=O) groups is 1. The minimum atomic E-state index is -1.38. The number of anilines is 1. The fraction of sp³-hybridized carbons (Fsp3) is 0.342. The van der Waals surface area contributed by atoms with Crippen molar-refractivity contribution in [1.82, 2.24) is 14.6 Å². The standard InChI is InChI=1S/C38H39FN4O4/c1-23-33(36(37(44)45)47-38(2,3)4)34-28-20-29(39)35-31(21-28)42(16-17-46-35)15-7-5-6-10-24-11-8-12-25(18-24)26-13-9-14-27(19-26)30-22-32(40-23)43(34)41-30/h8-9,11-14,18-22,36H,5-7,10,15-17H2,1-4H3,(H,44,45)/t36-/m0/s1. The second-order valence-corrected chi connectivity index (χ2v) is 13.4. The molecule has 8 nitrogen and oxygen atoms in total. The second-order valence-electron chi connectivity index (χ2n) is 13.4. The van der Waals surface area contributed by atoms with Crippen LogP contribution < -0.4 is 9.64 Å². The zero-order chi connectivity index (χ0) is 32.9. The number of aromatic nitrogens is 3. The van der Waals surface area contributed by atoms with Crippen LogP contribution in [-0.4, -0.2) is 51.0 Å². The quantitative estimate of drug-likeness (QED) is 0.215. The fourth-order valence-corrected chi connectivity index (χ4v) is 6.73. The highest BCUT2D eigenvalue weighted by molar-refractivity contribution is 5.83. The molecular weight excluding hydrogens is 595 g/mol. The largest absolute Gasteiger partial charge is 0.486 e. The Morgan fingerprint density at radius 3 is 2.51 bits per heavy atom. The summed E-state index contributed by atoms with van der Waals surface area (Å²) in [7, 11) is 0. The van der Waals surface area contributed by atoms with Gasteiger partial charge in [0.1, 0.15) is 6.61 Å². The molecule has 7 rings (SSSR count). The van der Waals surface area contributed by atoms with Gasteiger partial charge in [0.05, 0.1) is 29.2 Å². The van der Waals surface area contributed by atoms with Crippen LogP contribution in [0.2, 0.25) is 0 Å². The molecule has 1 N–H and O–H groups in total. The van der Waals surface area contributed by atoms with E-state index in [9.17, 15) is 9.90 Å². The Morgan fingerprint density at radius 2 is 1.72 bits per heavy atom. The summed E-state index contributed by atoms with van der Waals surface area (Å²) < 4.78 is 29.7. The number of hydrogen-bond acceptors (Lipinski definition) is 6. The number of nitrogens with zero attached hydrogens (tertiary/aromatic N) is 4. The highest BCUT2D eigenvalue weighted by atomic mass is 19.1. The van der Waals surface area contributed by atoms with Gasteiger partial charge in [0, 0.05) is 35.0 Å². The summed E-state index contributed by atoms with van der Waals surface area (Å²) in [5.41, 5.74) is 7.13. The molecule has 4 heterocycles. The van der Waals surface area contributed by atoms with Crippen LogP contribution in [0.15, 0.2) is 66.7 Å². The first-order chi connectivity index (χ1) is 22.6. The molecule has 0 saturated carbocycles. The van der Waals surface area contributed by atoms with Gasteiger partial charge in [-0.15, -0.1) is 0 Å². The maximum absolute atomic E-state index is 16.0. The Kier molecular flexibility index (Phi) is 7.96. The first kappa shape index (κ1) is 30.9. The SMILES string of the molecule is Cc1nc2cc3nn2c(c1[C@H](OC(C)(C)C)C(=O)O)-c1cc(F)c2c(c1)N(CCCCCc1cccc(c1)-c1cccc-3c1)CCO2. The smallest absolute Gasteiger partial charge is 0.337 e. The number of fused-ring (bicyclic) bond motifs is 9. The van der Waals surface area contributed by atoms with E-state index in [-0.39, 0.29) is 5.75 Å². The van der Waals surface area contributed by atoms with Crippen LogP contribution in [0.4, 0.5) is 10.1 Å². The highest BCUT2D eigenvalue weighted by Crippen LogP contribution is 2.42. The number of ether oxygens (including phenoxy) is 2. The van der Waals surface area contributed by atoms with Gasteiger partial charge in [0.25, 0.3) is 0 Å². The molecule has 5 aromatic rings. The molecule has 47 heavy (non-hydrogen) atoms. The molecule has 9 heteroatoms. The predicted octanol–water partition coefficient (Wildman–Crippen LogP) is 8.04. The van der Waals surface area contributed by atoms with E-state index < -0.39 is 23.5 Å². The van der Waals surface area contributed by atoms with Gasteiger partial charge in [0.2, 0.25) is 0 Å². The van der Waals surface area contributed by atoms with Gasteiger partial charge in [-0.25, -0.2) is 18.7 Å². The van der Waals surface area contributed by atoms with Crippen molar-refractivity contribution in [3.05, 3.63) is 89.4 Å². The van der Waals surface area contributed by atoms with E-state index in [0.717, 1.165) is 48.9 Å². The normalized spacial score (nSPS) is 15.5. The van der Waals surface area contributed by atoms with Gasteiger partial charge in [-0.1, -0.05) is 48.9 Å². The van der Waals surface area contributed by atoms with E-state index in [2.05, 4.69) is 41.3 Å². The van der Waals surface area contributed by atoms with Gasteiger partial charge in [0.15, 0.2) is 23.3 Å². The van der Waals surface area contributed by atoms with E-state index in [1.54, 1.807) is 11.4 Å². The molecule has 0 saturated heterocycles. The van der Waals surface area contributed by atoms with Crippen molar-refractivity contribution in [3.8, 4) is 39.4 Å². The Bertz CT molecular complexity index is 2000. The Morgan fingerprint density at radius 1 is 0.957 bits per heavy atom. The molecule has 8 bridgehead atoms. The molecule has 1 atom stereocenters. The topological polar surface area (TPSA) is 89.2 Å². The zero-order valence-electron chi connectivity index (χ0n) is 27.2. The van der Waals surface area contributed by atoms with E-state index >= 15 is 4.39 Å². The number of carboxylic acid groups (broad SMARTS) is 1. The number of hydrogen-bond donors (Lipinski definition) is 1. The van der Waals surface area contributed by atoms with Crippen LogP contribution in [-0.2, 0) is 16.0 Å². The molecule has 242 valence electrons. The molecule has 0 aliphatic carbocycles. The van der Waals surface area contributed by atoms with E-state index in [4.69, 9.17) is 19.6 Å². The Hall–Kier alpha value is -4.76. The first-order valence-electron chi connectivity index (χ1n) is 16.3. The monoisotopic (exact) mass is 634 g/mol. The lowest BCUT2D eigenvalue weighted by Gasteiger charge is -2.32. The summed E-state index contributed by atoms with van der Waals surface area (Å²) in [5, 5.41) is 15.5. The van der Waals surface area contributed by atoms with Gasteiger partial charge in [-0.05, 0) is 81.8 Å². The minimum absolute atomic E-state index is 0.213. The molecular formula is C38H39FN4O4. The average molecular weight is 635 g/mol. The molecule has 0 spiro atoms. The lowest BCUT2D eigenvalue weighted by molar-refractivity contribution is -0.160. The van der Waals surface area contributed by atoms with Crippen LogP contribution in [0.5, 0.6) is 5.75 Å². The van der Waals surface area contributed by atoms with Crippen LogP contribution in [0.1, 0.15) is 63.0 Å². The molecule has 0 fully saturated rings. The van der Waals surface area contributed by atoms with Crippen molar-refractivity contribution in [2.24, 2.45) is 0 Å². The molecule has 0 unspecified atom stereocenters. The average Bonchev–Trinajstić information content (AvgIpc) is 3.46. The van der Waals surface area contributed by atoms with Gasteiger partial charge < -0.3 is 19.5 Å². The molecule has 0 amide bonds. The predicted molar refractivity (Wildman–Crippen MR) is 180 cm³/mol. The number of carboxylic acids is 1. The molecule has 2 aromatic heterocycles. The van der Waals surface area contributed by atoms with Crippen LogP contribution in [0.25, 0.3) is 39.3 Å². The van der Waals surface area contributed by atoms with Crippen LogP contribution >= 0.6 is 0 Å². The summed E-state index contributed by atoms with van der Waals surface area (Å²) >= 11 is 0. The van der Waals surface area contributed by atoms with Crippen molar-refractivity contribution in [2.45, 2.75) is 65.1 Å². The second kappa shape index (κ2) is 12.1. The van der Waals surface area contributed by atoms with E-state index in [0.29, 0.717) is 52.7 Å². The van der Waals surface area contributed by atoms with Crippen molar-refractivity contribution in [3.63, 3.8) is 0 Å². The lowest BCUT2D eigenvalue weighted by Crippen LogP contribution is -2.34. The van der Waals surface area contributed by atoms with E-state index in [1.165, 1.54) is 11.6 Å². The van der Waals surface area contributed by atoms with Gasteiger partial charge >= 0.3 is 5.97 Å². The summed E-state index contributed by atoms with van der Waals surface area (Å²) in [6, 6.07) is 22.1. The number of aliphatic carboxylic acids is 1. The van der Waals surface area contributed by atoms with E-state index in [1.807, 2.05) is 45.0 Å². The third kappa shape index (κ3) is 6.07. The van der Waals surface area contributed by atoms with Gasteiger partial charge in [-0.2, -0.15) is 5.10 Å². The van der Waals surface area contributed by atoms with Gasteiger partial charge in [-0.3, -0.25) is 0 Å². The minimum Gasteiger partial charge on any atom is -0.486 e. The maximum Gasteiger partial charge on any atom is 0.337 e. The van der Waals surface area contributed by atoms with Crippen molar-refractivity contribution in [2.75, 3.05) is 24.6 Å². The number of aryl methyl sites for hydroxylation is 2. The summed E-state index contributed by atoms with van der Waals surface area (Å²) in [6.45, 7) is 8.96. The van der Waals surface area contributed by atoms with Crippen LogP contribution in [0.3, 0.4) is 0 Å². The Balaban J connectivity index is 1.51. The first-order valence-corrected chi connectivity index (χ1v) is 16.3. The van der Waals surface area contributed by atoms with Crippen molar-refractivity contribution >= 4 is 17.3 Å². The summed E-state index contributed by atoms with van der Waals surface area (Å²) in [4.78, 5) is 19.9. The molecule has 2 aliphatic rings. The maximum atomic E-state index is 16.0. The van der Waals surface area contributed by atoms with Crippen LogP contribution in [0, 0.1) is 12.7 Å². The molecule has 0 radical (unpaired) electrons. The fourth-order valence-electron chi connectivity index (χ4n) is 6.73. The summed E-state index contributed by atoms with van der Waals surface area (Å²) in [6.07, 6.45) is 2.63. The summed E-state index contributed by atoms with van der Waals surface area (Å²) in [5.74, 6) is -1.46. The van der Waals surface area contributed by atoms with Crippen molar-refractivity contribution < 1.29 is 23.8 Å². The zero-order valence-corrected chi connectivity index (χ0v) is 27.2.